The maximum absolute atomic E-state index is 11.6. The lowest BCUT2D eigenvalue weighted by atomic mass is 10.5. The molecule has 1 unspecified atom stereocenters. The number of anilines is 1. The molecule has 0 aliphatic heterocycles. The molecule has 1 rings (SSSR count). The minimum absolute atomic E-state index is 0.0753. The lowest BCUT2D eigenvalue weighted by Gasteiger charge is -2.11. The van der Waals surface area contributed by atoms with Gasteiger partial charge in [-0.2, -0.15) is 0 Å². The van der Waals surface area contributed by atoms with E-state index < -0.39 is 15.3 Å². The van der Waals surface area contributed by atoms with E-state index in [9.17, 15) is 8.42 Å². The SMILES string of the molecule is CC(CN)S(=O)(=O)Nc1ccc(Br)cn1. The molecule has 0 saturated carbocycles. The largest absolute Gasteiger partial charge is 0.329 e. The van der Waals surface area contributed by atoms with E-state index >= 15 is 0 Å². The van der Waals surface area contributed by atoms with Gasteiger partial charge < -0.3 is 5.73 Å². The Labute approximate surface area is 97.3 Å². The molecule has 1 atom stereocenters. The van der Waals surface area contributed by atoms with Gasteiger partial charge in [-0.3, -0.25) is 4.72 Å². The van der Waals surface area contributed by atoms with Gasteiger partial charge in [0.2, 0.25) is 10.0 Å². The van der Waals surface area contributed by atoms with Crippen LogP contribution in [0.5, 0.6) is 0 Å². The Hall–Kier alpha value is -0.660. The van der Waals surface area contributed by atoms with Crippen LogP contribution in [-0.4, -0.2) is 25.2 Å². The van der Waals surface area contributed by atoms with E-state index in [2.05, 4.69) is 25.6 Å². The molecule has 0 spiro atoms. The van der Waals surface area contributed by atoms with Crippen LogP contribution in [0.1, 0.15) is 6.92 Å². The normalized spacial score (nSPS) is 13.5. The summed E-state index contributed by atoms with van der Waals surface area (Å²) >= 11 is 3.21. The first-order valence-corrected chi connectivity index (χ1v) is 6.63. The van der Waals surface area contributed by atoms with E-state index in [1.165, 1.54) is 6.20 Å². The summed E-state index contributed by atoms with van der Waals surface area (Å²) in [5, 5.41) is -0.636. The minimum atomic E-state index is -3.43. The first-order valence-electron chi connectivity index (χ1n) is 4.29. The molecule has 0 radical (unpaired) electrons. The number of hydrogen-bond acceptors (Lipinski definition) is 4. The highest BCUT2D eigenvalue weighted by molar-refractivity contribution is 9.10. The van der Waals surface area contributed by atoms with Crippen molar-refractivity contribution < 1.29 is 8.42 Å². The van der Waals surface area contributed by atoms with Crippen LogP contribution in [-0.2, 0) is 10.0 Å². The average Bonchev–Trinajstić information content (AvgIpc) is 2.20. The number of nitrogens with one attached hydrogen (secondary N) is 1. The third-order valence-corrected chi connectivity index (χ3v) is 4.05. The Kier molecular flexibility index (Phi) is 4.06. The Bertz CT molecular complexity index is 418. The molecule has 0 saturated heterocycles. The predicted molar refractivity (Wildman–Crippen MR) is 63.0 cm³/mol. The van der Waals surface area contributed by atoms with Crippen molar-refractivity contribution in [2.75, 3.05) is 11.3 Å². The number of aromatic nitrogens is 1. The van der Waals surface area contributed by atoms with Crippen LogP contribution in [0.15, 0.2) is 22.8 Å². The van der Waals surface area contributed by atoms with E-state index in [1.807, 2.05) is 0 Å². The molecule has 3 N–H and O–H groups in total. The van der Waals surface area contributed by atoms with Gasteiger partial charge >= 0.3 is 0 Å². The monoisotopic (exact) mass is 293 g/mol. The summed E-state index contributed by atoms with van der Waals surface area (Å²) in [6.45, 7) is 1.62. The van der Waals surface area contributed by atoms with Crippen LogP contribution in [0, 0.1) is 0 Å². The van der Waals surface area contributed by atoms with Gasteiger partial charge in [0.05, 0.1) is 5.25 Å². The fourth-order valence-corrected chi connectivity index (χ4v) is 1.91. The van der Waals surface area contributed by atoms with Crippen molar-refractivity contribution in [3.8, 4) is 0 Å². The van der Waals surface area contributed by atoms with E-state index in [-0.39, 0.29) is 6.54 Å². The Balaban J connectivity index is 2.82. The molecule has 7 heteroatoms. The molecule has 1 heterocycles. The number of nitrogens with two attached hydrogens (primary N) is 1. The number of nitrogens with zero attached hydrogens (tertiary/aromatic N) is 1. The second kappa shape index (κ2) is 4.91. The predicted octanol–water partition coefficient (Wildman–Crippen LogP) is 0.933. The maximum Gasteiger partial charge on any atom is 0.237 e. The molecule has 1 aromatic rings. The molecule has 0 bridgehead atoms. The van der Waals surface area contributed by atoms with Crippen molar-refractivity contribution in [3.05, 3.63) is 22.8 Å². The number of halogens is 1. The van der Waals surface area contributed by atoms with Gasteiger partial charge in [0.15, 0.2) is 0 Å². The number of sulfonamides is 1. The molecular weight excluding hydrogens is 282 g/mol. The van der Waals surface area contributed by atoms with E-state index in [0.29, 0.717) is 5.82 Å². The zero-order valence-corrected chi connectivity index (χ0v) is 10.5. The van der Waals surface area contributed by atoms with Crippen LogP contribution < -0.4 is 10.5 Å². The van der Waals surface area contributed by atoms with Crippen LogP contribution in [0.4, 0.5) is 5.82 Å². The molecule has 15 heavy (non-hydrogen) atoms. The Morgan fingerprint density at radius 1 is 1.60 bits per heavy atom. The highest BCUT2D eigenvalue weighted by atomic mass is 79.9. The van der Waals surface area contributed by atoms with E-state index in [4.69, 9.17) is 5.73 Å². The van der Waals surface area contributed by atoms with Gasteiger partial charge in [0.1, 0.15) is 5.82 Å². The molecule has 0 aliphatic carbocycles. The summed E-state index contributed by atoms with van der Waals surface area (Å²) in [6, 6.07) is 3.28. The van der Waals surface area contributed by atoms with Crippen LogP contribution in [0.2, 0.25) is 0 Å². The minimum Gasteiger partial charge on any atom is -0.329 e. The zero-order valence-electron chi connectivity index (χ0n) is 8.14. The highest BCUT2D eigenvalue weighted by Gasteiger charge is 2.19. The van der Waals surface area contributed by atoms with Gasteiger partial charge in [-0.1, -0.05) is 0 Å². The zero-order chi connectivity index (χ0) is 11.5. The van der Waals surface area contributed by atoms with Crippen molar-refractivity contribution in [1.82, 2.24) is 4.98 Å². The van der Waals surface area contributed by atoms with E-state index in [1.54, 1.807) is 19.1 Å². The smallest absolute Gasteiger partial charge is 0.237 e. The topological polar surface area (TPSA) is 85.1 Å². The van der Waals surface area contributed by atoms with Crippen LogP contribution in [0.25, 0.3) is 0 Å². The number of pyridine rings is 1. The molecule has 0 amide bonds. The van der Waals surface area contributed by atoms with E-state index in [0.717, 1.165) is 4.47 Å². The molecule has 0 aliphatic rings. The summed E-state index contributed by atoms with van der Waals surface area (Å²) in [4.78, 5) is 3.90. The molecular formula is C8H12BrN3O2S. The van der Waals surface area contributed by atoms with Crippen LogP contribution >= 0.6 is 15.9 Å². The first kappa shape index (κ1) is 12.4. The van der Waals surface area contributed by atoms with Crippen molar-refractivity contribution >= 4 is 31.8 Å². The number of hydrogen-bond donors (Lipinski definition) is 2. The summed E-state index contributed by atoms with van der Waals surface area (Å²) in [5.74, 6) is 0.290. The van der Waals surface area contributed by atoms with Gasteiger partial charge in [-0.25, -0.2) is 13.4 Å². The average molecular weight is 294 g/mol. The lowest BCUT2D eigenvalue weighted by Crippen LogP contribution is -2.31. The fraction of sp³-hybridized carbons (Fsp3) is 0.375. The van der Waals surface area contributed by atoms with Gasteiger partial charge in [-0.15, -0.1) is 0 Å². The lowest BCUT2D eigenvalue weighted by molar-refractivity contribution is 0.589. The first-order chi connectivity index (χ1) is 6.95. The van der Waals surface area contributed by atoms with Gasteiger partial charge in [0.25, 0.3) is 0 Å². The van der Waals surface area contributed by atoms with Gasteiger partial charge in [-0.05, 0) is 35.0 Å². The summed E-state index contributed by atoms with van der Waals surface area (Å²) in [5.41, 5.74) is 5.29. The Morgan fingerprint density at radius 3 is 2.73 bits per heavy atom. The second-order valence-electron chi connectivity index (χ2n) is 3.06. The molecule has 84 valence electrons. The van der Waals surface area contributed by atoms with Crippen molar-refractivity contribution in [2.24, 2.45) is 5.73 Å². The molecule has 0 fully saturated rings. The number of rotatable bonds is 4. The van der Waals surface area contributed by atoms with Gasteiger partial charge in [0, 0.05) is 17.2 Å². The molecule has 1 aromatic heterocycles. The molecule has 0 aromatic carbocycles. The van der Waals surface area contributed by atoms with Crippen molar-refractivity contribution in [1.29, 1.82) is 0 Å². The third kappa shape index (κ3) is 3.44. The Morgan fingerprint density at radius 2 is 2.27 bits per heavy atom. The fourth-order valence-electron chi connectivity index (χ4n) is 0.809. The summed E-state index contributed by atoms with van der Waals surface area (Å²) in [7, 11) is -3.43. The maximum atomic E-state index is 11.6. The van der Waals surface area contributed by atoms with Crippen molar-refractivity contribution in [3.63, 3.8) is 0 Å². The quantitative estimate of drug-likeness (QED) is 0.865. The standard InChI is InChI=1S/C8H12BrN3O2S/c1-6(4-10)15(13,14)12-8-3-2-7(9)5-11-8/h2-3,5-6H,4,10H2,1H3,(H,11,12). The second-order valence-corrected chi connectivity index (χ2v) is 6.07. The summed E-state index contributed by atoms with van der Waals surface area (Å²) < 4.78 is 26.3. The summed E-state index contributed by atoms with van der Waals surface area (Å²) in [6.07, 6.45) is 1.52. The molecule has 5 nitrogen and oxygen atoms in total. The van der Waals surface area contributed by atoms with Crippen molar-refractivity contribution in [2.45, 2.75) is 12.2 Å². The third-order valence-electron chi connectivity index (χ3n) is 1.84. The highest BCUT2D eigenvalue weighted by Crippen LogP contribution is 2.12. The van der Waals surface area contributed by atoms with Crippen LogP contribution in [0.3, 0.4) is 0 Å².